The van der Waals surface area contributed by atoms with Crippen LogP contribution in [0.1, 0.15) is 43.2 Å². The lowest BCUT2D eigenvalue weighted by atomic mass is 9.77. The van der Waals surface area contributed by atoms with Crippen molar-refractivity contribution in [2.75, 3.05) is 18.5 Å². The van der Waals surface area contributed by atoms with Crippen LogP contribution in [0.5, 0.6) is 0 Å². The van der Waals surface area contributed by atoms with Crippen molar-refractivity contribution >= 4 is 23.2 Å². The number of hydrogen-bond acceptors (Lipinski definition) is 8. The van der Waals surface area contributed by atoms with E-state index in [0.29, 0.717) is 48.2 Å². The number of aryl methyl sites for hydroxylation is 1. The second-order valence-electron chi connectivity index (χ2n) is 11.1. The maximum absolute atomic E-state index is 13.6. The van der Waals surface area contributed by atoms with Crippen LogP contribution in [0.15, 0.2) is 79.5 Å². The Kier molecular flexibility index (Phi) is 8.97. The molecule has 1 aliphatic carbocycles. The van der Waals surface area contributed by atoms with Crippen molar-refractivity contribution in [3.05, 3.63) is 86.7 Å². The number of azo groups is 1. The number of aromatic nitrogens is 2. The monoisotopic (exact) mass is 569 g/mol. The molecular formula is C31H35N7O4. The Hall–Kier alpha value is -4.51. The van der Waals surface area contributed by atoms with E-state index in [-0.39, 0.29) is 24.0 Å². The third-order valence-electron chi connectivity index (χ3n) is 8.17. The van der Waals surface area contributed by atoms with Crippen molar-refractivity contribution in [2.24, 2.45) is 45.8 Å². The molecule has 1 atom stereocenters. The van der Waals surface area contributed by atoms with Gasteiger partial charge in [0.25, 0.3) is 5.56 Å². The number of nitrogens with zero attached hydrogens (tertiary/aromatic N) is 4. The van der Waals surface area contributed by atoms with Crippen LogP contribution >= 0.6 is 0 Å². The van der Waals surface area contributed by atoms with Crippen molar-refractivity contribution < 1.29 is 9.59 Å². The summed E-state index contributed by atoms with van der Waals surface area (Å²) in [6, 6.07) is 14.5. The minimum Gasteiger partial charge on any atom is -0.330 e. The lowest BCUT2D eigenvalue weighted by Crippen LogP contribution is -2.31. The van der Waals surface area contributed by atoms with E-state index in [0.717, 1.165) is 36.8 Å². The molecule has 1 aliphatic heterocycles. The summed E-state index contributed by atoms with van der Waals surface area (Å²) in [5.74, 6) is 0.267. The molecule has 11 heteroatoms. The molecule has 2 heterocycles. The number of aliphatic imine (C=N–C) groups is 1. The molecule has 3 aromatic rings. The Balaban J connectivity index is 1.32. The molecule has 1 amide bonds. The molecule has 218 valence electrons. The van der Waals surface area contributed by atoms with Gasteiger partial charge in [0.1, 0.15) is 5.78 Å². The third kappa shape index (κ3) is 6.85. The van der Waals surface area contributed by atoms with Crippen molar-refractivity contribution in [2.45, 2.75) is 38.5 Å². The van der Waals surface area contributed by atoms with Gasteiger partial charge in [-0.1, -0.05) is 24.3 Å². The van der Waals surface area contributed by atoms with Crippen LogP contribution in [0.3, 0.4) is 0 Å². The first-order chi connectivity index (χ1) is 20.3. The SMILES string of the molecule is Cn1cc(-c2ccc(C[C@H](CC(=O)C3CCC(CN)CC3)C(=O)Nc3ccc(C4=NCN=N4)cc3)cc2)c(=O)[nH]c1=O. The van der Waals surface area contributed by atoms with Gasteiger partial charge in [0.05, 0.1) is 5.56 Å². The number of ketones is 1. The number of nitrogens with one attached hydrogen (secondary N) is 2. The Morgan fingerprint density at radius 1 is 1.02 bits per heavy atom. The number of Topliss-reactive ketones (excluding diaryl/α,β-unsaturated/α-hetero) is 1. The van der Waals surface area contributed by atoms with E-state index < -0.39 is 17.2 Å². The van der Waals surface area contributed by atoms with Crippen molar-refractivity contribution in [3.8, 4) is 11.1 Å². The Morgan fingerprint density at radius 3 is 2.36 bits per heavy atom. The highest BCUT2D eigenvalue weighted by Gasteiger charge is 2.30. The maximum atomic E-state index is 13.6. The van der Waals surface area contributed by atoms with E-state index in [9.17, 15) is 19.2 Å². The molecule has 0 radical (unpaired) electrons. The van der Waals surface area contributed by atoms with Crippen LogP contribution in [-0.2, 0) is 23.1 Å². The summed E-state index contributed by atoms with van der Waals surface area (Å²) in [4.78, 5) is 57.5. The number of aromatic amines is 1. The molecule has 1 aromatic heterocycles. The van der Waals surface area contributed by atoms with Gasteiger partial charge < -0.3 is 15.6 Å². The zero-order valence-corrected chi connectivity index (χ0v) is 23.6. The summed E-state index contributed by atoms with van der Waals surface area (Å²) in [6.07, 6.45) is 5.48. The van der Waals surface area contributed by atoms with Gasteiger partial charge >= 0.3 is 5.69 Å². The zero-order chi connectivity index (χ0) is 29.6. The fourth-order valence-corrected chi connectivity index (χ4v) is 5.59. The topological polar surface area (TPSA) is 164 Å². The van der Waals surface area contributed by atoms with Gasteiger partial charge in [-0.05, 0) is 80.0 Å². The van der Waals surface area contributed by atoms with Gasteiger partial charge in [-0.25, -0.2) is 9.79 Å². The highest BCUT2D eigenvalue weighted by Crippen LogP contribution is 2.31. The number of anilines is 1. The predicted octanol–water partition coefficient (Wildman–Crippen LogP) is 3.43. The first-order valence-electron chi connectivity index (χ1n) is 14.3. The lowest BCUT2D eigenvalue weighted by Gasteiger charge is -2.27. The van der Waals surface area contributed by atoms with Gasteiger partial charge in [-0.15, -0.1) is 5.11 Å². The van der Waals surface area contributed by atoms with E-state index in [1.54, 1.807) is 31.3 Å². The maximum Gasteiger partial charge on any atom is 0.328 e. The van der Waals surface area contributed by atoms with Crippen LogP contribution in [-0.4, -0.2) is 40.3 Å². The van der Waals surface area contributed by atoms with Crippen molar-refractivity contribution in [1.82, 2.24) is 9.55 Å². The van der Waals surface area contributed by atoms with Gasteiger partial charge in [-0.3, -0.25) is 19.4 Å². The molecule has 11 nitrogen and oxygen atoms in total. The largest absolute Gasteiger partial charge is 0.330 e. The number of benzene rings is 2. The molecule has 42 heavy (non-hydrogen) atoms. The van der Waals surface area contributed by atoms with Gasteiger partial charge in [0, 0.05) is 42.8 Å². The Labute approximate surface area is 243 Å². The van der Waals surface area contributed by atoms with E-state index in [1.807, 2.05) is 24.3 Å². The van der Waals surface area contributed by atoms with Crippen LogP contribution < -0.4 is 22.3 Å². The number of nitrogens with two attached hydrogens (primary N) is 1. The molecule has 4 N–H and O–H groups in total. The molecule has 0 unspecified atom stereocenters. The number of carbonyl (C=O) groups is 2. The summed E-state index contributed by atoms with van der Waals surface area (Å²) in [7, 11) is 1.57. The second kappa shape index (κ2) is 13.0. The minimum absolute atomic E-state index is 0.0532. The van der Waals surface area contributed by atoms with E-state index >= 15 is 0 Å². The Bertz CT molecular complexity index is 1610. The quantitative estimate of drug-likeness (QED) is 0.340. The van der Waals surface area contributed by atoms with E-state index in [2.05, 4.69) is 25.5 Å². The molecule has 1 saturated carbocycles. The van der Waals surface area contributed by atoms with E-state index in [4.69, 9.17) is 5.73 Å². The minimum atomic E-state index is -0.579. The molecule has 5 rings (SSSR count). The highest BCUT2D eigenvalue weighted by molar-refractivity contribution is 6.01. The highest BCUT2D eigenvalue weighted by atomic mass is 16.2. The summed E-state index contributed by atoms with van der Waals surface area (Å²) in [5.41, 5.74) is 8.19. The number of amidine groups is 1. The summed E-state index contributed by atoms with van der Waals surface area (Å²) < 4.78 is 1.31. The zero-order valence-electron chi connectivity index (χ0n) is 23.6. The van der Waals surface area contributed by atoms with Crippen LogP contribution in [0.2, 0.25) is 0 Å². The second-order valence-corrected chi connectivity index (χ2v) is 11.1. The molecule has 1 fully saturated rings. The predicted molar refractivity (Wildman–Crippen MR) is 160 cm³/mol. The number of amides is 1. The number of hydrogen-bond donors (Lipinski definition) is 3. The van der Waals surface area contributed by atoms with Crippen molar-refractivity contribution in [1.29, 1.82) is 0 Å². The first kappa shape index (κ1) is 29.0. The summed E-state index contributed by atoms with van der Waals surface area (Å²) in [5, 5.41) is 10.9. The average Bonchev–Trinajstić information content (AvgIpc) is 3.55. The molecule has 0 bridgehead atoms. The van der Waals surface area contributed by atoms with Gasteiger partial charge in [0.15, 0.2) is 12.5 Å². The van der Waals surface area contributed by atoms with Crippen LogP contribution in [0, 0.1) is 17.8 Å². The number of rotatable bonds is 10. The molecule has 2 aliphatic rings. The lowest BCUT2D eigenvalue weighted by molar-refractivity contribution is -0.129. The smallest absolute Gasteiger partial charge is 0.328 e. The van der Waals surface area contributed by atoms with Crippen molar-refractivity contribution in [3.63, 3.8) is 0 Å². The third-order valence-corrected chi connectivity index (χ3v) is 8.17. The first-order valence-corrected chi connectivity index (χ1v) is 14.3. The molecule has 0 saturated heterocycles. The van der Waals surface area contributed by atoms with Crippen LogP contribution in [0.4, 0.5) is 5.69 Å². The number of H-pyrrole nitrogens is 1. The summed E-state index contributed by atoms with van der Waals surface area (Å²) in [6.45, 7) is 0.960. The molecule has 2 aromatic carbocycles. The average molecular weight is 570 g/mol. The fourth-order valence-electron chi connectivity index (χ4n) is 5.59. The fraction of sp³-hybridized carbons (Fsp3) is 0.387. The van der Waals surface area contributed by atoms with Gasteiger partial charge in [-0.2, -0.15) is 5.11 Å². The van der Waals surface area contributed by atoms with Gasteiger partial charge in [0.2, 0.25) is 5.91 Å². The molecular weight excluding hydrogens is 534 g/mol. The molecule has 0 spiro atoms. The summed E-state index contributed by atoms with van der Waals surface area (Å²) >= 11 is 0. The Morgan fingerprint density at radius 2 is 1.71 bits per heavy atom. The normalized spacial score (nSPS) is 18.9. The van der Waals surface area contributed by atoms with E-state index in [1.165, 1.54) is 10.8 Å². The van der Waals surface area contributed by atoms with Crippen LogP contribution in [0.25, 0.3) is 11.1 Å². The number of carbonyl (C=O) groups excluding carboxylic acids is 2. The standard InChI is InChI=1S/C31H35N7O4/c1-38-17-26(30(41)36-31(38)42)21-6-2-19(3-7-21)14-24(15-27(39)22-8-4-20(16-32)5-9-22)29(40)35-25-12-10-23(11-13-25)28-33-18-34-37-28/h2-3,6-7,10-13,17,20,22,24H,4-5,8-9,14-16,18,32H2,1H3,(H,35,40)(H,36,41,42)/t20?,22?,24-/m1/s1.